The van der Waals surface area contributed by atoms with Crippen LogP contribution >= 0.6 is 0 Å². The quantitative estimate of drug-likeness (QED) is 0.723. The Morgan fingerprint density at radius 3 is 2.54 bits per heavy atom. The average Bonchev–Trinajstić information content (AvgIpc) is 3.12. The van der Waals surface area contributed by atoms with Gasteiger partial charge in [-0.05, 0) is 30.7 Å². The molecule has 0 aliphatic carbocycles. The van der Waals surface area contributed by atoms with Crippen molar-refractivity contribution in [3.05, 3.63) is 72.2 Å². The summed E-state index contributed by atoms with van der Waals surface area (Å²) in [5, 5.41) is 2.83. The summed E-state index contributed by atoms with van der Waals surface area (Å²) in [5.41, 5.74) is 2.15. The third kappa shape index (κ3) is 4.00. The lowest BCUT2D eigenvalue weighted by Gasteiger charge is -2.12. The normalized spacial score (nSPS) is 12.5. The fourth-order valence-corrected chi connectivity index (χ4v) is 3.20. The number of carbonyl (C=O) groups excluding carboxylic acids is 1. The van der Waals surface area contributed by atoms with Gasteiger partial charge in [0, 0.05) is 11.8 Å². The number of sulfone groups is 1. The number of nitrogens with one attached hydrogen (secondary N) is 2. The van der Waals surface area contributed by atoms with E-state index in [2.05, 4.69) is 15.3 Å². The Bertz CT molecular complexity index is 1030. The average molecular weight is 369 g/mol. The summed E-state index contributed by atoms with van der Waals surface area (Å²) in [6.45, 7) is 1.81. The molecule has 0 bridgehead atoms. The lowest BCUT2D eigenvalue weighted by molar-refractivity contribution is 0.0938. The van der Waals surface area contributed by atoms with E-state index in [1.807, 2.05) is 37.3 Å². The second-order valence-corrected chi connectivity index (χ2v) is 8.06. The maximum absolute atomic E-state index is 12.4. The highest BCUT2D eigenvalue weighted by atomic mass is 32.2. The van der Waals surface area contributed by atoms with E-state index in [9.17, 15) is 13.2 Å². The Labute approximate surface area is 152 Å². The number of H-pyrrole nitrogens is 1. The molecule has 7 heteroatoms. The van der Waals surface area contributed by atoms with Gasteiger partial charge in [0.05, 0.1) is 22.8 Å². The van der Waals surface area contributed by atoms with Crippen molar-refractivity contribution in [1.29, 1.82) is 0 Å². The van der Waals surface area contributed by atoms with Crippen LogP contribution in [0.5, 0.6) is 0 Å². The van der Waals surface area contributed by atoms with Gasteiger partial charge in [-0.15, -0.1) is 0 Å². The molecule has 6 nitrogen and oxygen atoms in total. The number of aromatic nitrogens is 2. The van der Waals surface area contributed by atoms with E-state index < -0.39 is 9.84 Å². The first kappa shape index (κ1) is 17.9. The van der Waals surface area contributed by atoms with Crippen molar-refractivity contribution in [2.75, 3.05) is 6.26 Å². The Balaban J connectivity index is 1.75. The molecule has 1 aromatic heterocycles. The van der Waals surface area contributed by atoms with Crippen LogP contribution in [0.3, 0.4) is 0 Å². The molecule has 26 heavy (non-hydrogen) atoms. The first-order chi connectivity index (χ1) is 12.3. The van der Waals surface area contributed by atoms with Crippen LogP contribution in [0.2, 0.25) is 0 Å². The molecule has 0 fully saturated rings. The van der Waals surface area contributed by atoms with Gasteiger partial charge in [0.2, 0.25) is 0 Å². The number of imidazole rings is 1. The Morgan fingerprint density at radius 2 is 1.85 bits per heavy atom. The highest BCUT2D eigenvalue weighted by molar-refractivity contribution is 7.90. The van der Waals surface area contributed by atoms with Gasteiger partial charge in [0.25, 0.3) is 5.91 Å². The Hall–Kier alpha value is -2.93. The van der Waals surface area contributed by atoms with Crippen molar-refractivity contribution in [1.82, 2.24) is 15.3 Å². The summed E-state index contributed by atoms with van der Waals surface area (Å²) in [4.78, 5) is 20.1. The molecule has 0 unspecified atom stereocenters. The van der Waals surface area contributed by atoms with E-state index in [-0.39, 0.29) is 22.4 Å². The fourth-order valence-electron chi connectivity index (χ4n) is 2.54. The van der Waals surface area contributed by atoms with Crippen molar-refractivity contribution < 1.29 is 13.2 Å². The molecule has 1 amide bonds. The Morgan fingerprint density at radius 1 is 1.12 bits per heavy atom. The van der Waals surface area contributed by atoms with E-state index in [4.69, 9.17) is 0 Å². The minimum atomic E-state index is -3.37. The van der Waals surface area contributed by atoms with Crippen LogP contribution in [0.15, 0.2) is 65.7 Å². The summed E-state index contributed by atoms with van der Waals surface area (Å²) >= 11 is 0. The van der Waals surface area contributed by atoms with Crippen molar-refractivity contribution in [3.63, 3.8) is 0 Å². The lowest BCUT2D eigenvalue weighted by atomic mass is 10.2. The zero-order valence-electron chi connectivity index (χ0n) is 14.4. The van der Waals surface area contributed by atoms with Gasteiger partial charge in [-0.1, -0.05) is 36.4 Å². The molecule has 0 saturated carbocycles. The number of hydrogen-bond acceptors (Lipinski definition) is 4. The highest BCUT2D eigenvalue weighted by Crippen LogP contribution is 2.19. The Kier molecular flexibility index (Phi) is 4.90. The molecule has 0 aliphatic heterocycles. The SMILES string of the molecule is C[C@H](NC(=O)c1cccc(S(C)(=O)=O)c1)c1ncc(-c2ccccc2)[nH]1. The predicted molar refractivity (Wildman–Crippen MR) is 99.5 cm³/mol. The molecule has 2 aromatic carbocycles. The van der Waals surface area contributed by atoms with Crippen LogP contribution < -0.4 is 5.32 Å². The standard InChI is InChI=1S/C19H19N3O3S/c1-13(18-20-12-17(22-18)14-7-4-3-5-8-14)21-19(23)15-9-6-10-16(11-15)26(2,24)25/h3-13H,1-2H3,(H,20,22)(H,21,23)/t13-/m0/s1. The van der Waals surface area contributed by atoms with Crippen LogP contribution in [-0.4, -0.2) is 30.5 Å². The first-order valence-corrected chi connectivity index (χ1v) is 9.95. The smallest absolute Gasteiger partial charge is 0.251 e. The summed E-state index contributed by atoms with van der Waals surface area (Å²) in [5.74, 6) is 0.261. The summed E-state index contributed by atoms with van der Waals surface area (Å²) < 4.78 is 23.3. The number of amides is 1. The van der Waals surface area contributed by atoms with Gasteiger partial charge < -0.3 is 10.3 Å². The number of rotatable bonds is 5. The third-order valence-electron chi connectivity index (χ3n) is 3.96. The van der Waals surface area contributed by atoms with Gasteiger partial charge in [0.15, 0.2) is 9.84 Å². The van der Waals surface area contributed by atoms with Crippen LogP contribution in [0, 0.1) is 0 Å². The van der Waals surface area contributed by atoms with Gasteiger partial charge in [-0.2, -0.15) is 0 Å². The minimum Gasteiger partial charge on any atom is -0.342 e. The molecule has 1 heterocycles. The maximum Gasteiger partial charge on any atom is 0.251 e. The number of carbonyl (C=O) groups is 1. The predicted octanol–water partition coefficient (Wildman–Crippen LogP) is 2.97. The molecule has 0 aliphatic rings. The molecule has 3 aromatic rings. The van der Waals surface area contributed by atoms with E-state index in [1.165, 1.54) is 12.1 Å². The largest absolute Gasteiger partial charge is 0.342 e. The molecule has 0 spiro atoms. The number of hydrogen-bond donors (Lipinski definition) is 2. The van der Waals surface area contributed by atoms with Crippen LogP contribution in [-0.2, 0) is 9.84 Å². The van der Waals surface area contributed by atoms with Gasteiger partial charge in [-0.3, -0.25) is 4.79 Å². The van der Waals surface area contributed by atoms with E-state index in [0.29, 0.717) is 5.82 Å². The molecule has 0 radical (unpaired) electrons. The van der Waals surface area contributed by atoms with E-state index in [1.54, 1.807) is 18.3 Å². The second kappa shape index (κ2) is 7.13. The zero-order valence-corrected chi connectivity index (χ0v) is 15.2. The molecular formula is C19H19N3O3S. The zero-order chi connectivity index (χ0) is 18.7. The highest BCUT2D eigenvalue weighted by Gasteiger charge is 2.16. The van der Waals surface area contributed by atoms with Crippen molar-refractivity contribution >= 4 is 15.7 Å². The number of benzene rings is 2. The third-order valence-corrected chi connectivity index (χ3v) is 5.07. The summed E-state index contributed by atoms with van der Waals surface area (Å²) in [7, 11) is -3.37. The van der Waals surface area contributed by atoms with Gasteiger partial charge in [0.1, 0.15) is 5.82 Å². The van der Waals surface area contributed by atoms with Gasteiger partial charge >= 0.3 is 0 Å². The second-order valence-electron chi connectivity index (χ2n) is 6.04. The maximum atomic E-state index is 12.4. The first-order valence-electron chi connectivity index (χ1n) is 8.06. The van der Waals surface area contributed by atoms with E-state index in [0.717, 1.165) is 17.5 Å². The molecule has 134 valence electrons. The van der Waals surface area contributed by atoms with Gasteiger partial charge in [-0.25, -0.2) is 13.4 Å². The molecule has 3 rings (SSSR count). The monoisotopic (exact) mass is 369 g/mol. The fraction of sp³-hybridized carbons (Fsp3) is 0.158. The van der Waals surface area contributed by atoms with Crippen LogP contribution in [0.4, 0.5) is 0 Å². The lowest BCUT2D eigenvalue weighted by Crippen LogP contribution is -2.27. The molecule has 0 saturated heterocycles. The minimum absolute atomic E-state index is 0.113. The van der Waals surface area contributed by atoms with E-state index >= 15 is 0 Å². The summed E-state index contributed by atoms with van der Waals surface area (Å²) in [6.07, 6.45) is 2.83. The van der Waals surface area contributed by atoms with Crippen LogP contribution in [0.25, 0.3) is 11.3 Å². The van der Waals surface area contributed by atoms with Crippen molar-refractivity contribution in [2.24, 2.45) is 0 Å². The topological polar surface area (TPSA) is 91.9 Å². The van der Waals surface area contributed by atoms with Crippen LogP contribution in [0.1, 0.15) is 29.1 Å². The number of nitrogens with zero attached hydrogens (tertiary/aromatic N) is 1. The summed E-state index contributed by atoms with van der Waals surface area (Å²) in [6, 6.07) is 15.4. The van der Waals surface area contributed by atoms with Crippen molar-refractivity contribution in [3.8, 4) is 11.3 Å². The number of aromatic amines is 1. The molecular weight excluding hydrogens is 350 g/mol. The van der Waals surface area contributed by atoms with Crippen molar-refractivity contribution in [2.45, 2.75) is 17.9 Å². The molecule has 1 atom stereocenters. The molecule has 2 N–H and O–H groups in total.